The molecule has 6 nitrogen and oxygen atoms in total. The van der Waals surface area contributed by atoms with Crippen LogP contribution in [0.3, 0.4) is 0 Å². The predicted molar refractivity (Wildman–Crippen MR) is 102 cm³/mol. The summed E-state index contributed by atoms with van der Waals surface area (Å²) in [6.45, 7) is 8.66. The van der Waals surface area contributed by atoms with E-state index in [-0.39, 0.29) is 17.6 Å². The molecule has 2 aromatic rings. The maximum Gasteiger partial charge on any atom is 0.251 e. The molecule has 1 atom stereocenters. The lowest BCUT2D eigenvalue weighted by Crippen LogP contribution is -2.45. The molecule has 1 aliphatic rings. The highest BCUT2D eigenvalue weighted by Crippen LogP contribution is 2.24. The summed E-state index contributed by atoms with van der Waals surface area (Å²) in [5, 5.41) is 6.28. The summed E-state index contributed by atoms with van der Waals surface area (Å²) >= 11 is 0. The van der Waals surface area contributed by atoms with E-state index in [1.54, 1.807) is 0 Å². The van der Waals surface area contributed by atoms with Crippen LogP contribution in [0, 0.1) is 13.8 Å². The van der Waals surface area contributed by atoms with Crippen LogP contribution in [-0.2, 0) is 4.74 Å². The lowest BCUT2D eigenvalue weighted by Gasteiger charge is -2.35. The lowest BCUT2D eigenvalue weighted by molar-refractivity contribution is -0.0615. The minimum Gasteiger partial charge on any atom is -0.375 e. The number of carbonyl (C=O) groups excluding carboxylic acids is 1. The van der Waals surface area contributed by atoms with Crippen LogP contribution in [-0.4, -0.2) is 34.1 Å². The van der Waals surface area contributed by atoms with Gasteiger partial charge in [0.05, 0.1) is 5.60 Å². The molecule has 1 unspecified atom stereocenters. The number of aryl methyl sites for hydroxylation is 2. The molecule has 138 valence electrons. The molecule has 2 heterocycles. The molecular formula is C20H26N4O2. The zero-order valence-corrected chi connectivity index (χ0v) is 15.8. The van der Waals surface area contributed by atoms with Gasteiger partial charge in [0.1, 0.15) is 0 Å². The maximum absolute atomic E-state index is 12.5. The Labute approximate surface area is 154 Å². The Bertz CT molecular complexity index is 767. The number of anilines is 2. The molecule has 1 fully saturated rings. The van der Waals surface area contributed by atoms with Crippen molar-refractivity contribution >= 4 is 17.5 Å². The van der Waals surface area contributed by atoms with Gasteiger partial charge in [-0.1, -0.05) is 0 Å². The normalized spacial score (nSPS) is 19.0. The van der Waals surface area contributed by atoms with Crippen molar-refractivity contribution in [3.05, 3.63) is 47.3 Å². The van der Waals surface area contributed by atoms with E-state index < -0.39 is 0 Å². The van der Waals surface area contributed by atoms with Crippen LogP contribution in [0.15, 0.2) is 30.3 Å². The molecule has 3 rings (SSSR count). The van der Waals surface area contributed by atoms with E-state index in [0.717, 1.165) is 29.9 Å². The molecule has 1 aliphatic heterocycles. The summed E-state index contributed by atoms with van der Waals surface area (Å²) in [7, 11) is 0. The average molecular weight is 354 g/mol. The number of hydrogen-bond acceptors (Lipinski definition) is 5. The van der Waals surface area contributed by atoms with E-state index in [0.29, 0.717) is 18.1 Å². The van der Waals surface area contributed by atoms with Gasteiger partial charge in [-0.15, -0.1) is 0 Å². The number of amides is 1. The third kappa shape index (κ3) is 4.79. The fraction of sp³-hybridized carbons (Fsp3) is 0.450. The molecule has 0 aliphatic carbocycles. The number of nitrogens with zero attached hydrogens (tertiary/aromatic N) is 2. The zero-order chi connectivity index (χ0) is 18.7. The first-order chi connectivity index (χ1) is 12.3. The molecule has 0 bridgehead atoms. The zero-order valence-electron chi connectivity index (χ0n) is 15.8. The van der Waals surface area contributed by atoms with Crippen molar-refractivity contribution in [1.82, 2.24) is 15.3 Å². The molecule has 1 saturated heterocycles. The summed E-state index contributed by atoms with van der Waals surface area (Å²) in [4.78, 5) is 21.2. The van der Waals surface area contributed by atoms with Gasteiger partial charge in [-0.2, -0.15) is 0 Å². The molecule has 0 saturated carbocycles. The van der Waals surface area contributed by atoms with Crippen molar-refractivity contribution in [2.24, 2.45) is 0 Å². The first-order valence-corrected chi connectivity index (χ1v) is 8.95. The molecule has 0 radical (unpaired) electrons. The summed E-state index contributed by atoms with van der Waals surface area (Å²) in [6.07, 6.45) is 1.67. The molecule has 1 amide bonds. The number of hydrogen-bond donors (Lipinski definition) is 2. The Kier molecular flexibility index (Phi) is 5.23. The third-order valence-electron chi connectivity index (χ3n) is 4.42. The van der Waals surface area contributed by atoms with Gasteiger partial charge in [-0.3, -0.25) is 4.79 Å². The molecule has 0 spiro atoms. The summed E-state index contributed by atoms with van der Waals surface area (Å²) < 4.78 is 5.70. The van der Waals surface area contributed by atoms with E-state index in [1.165, 1.54) is 0 Å². The van der Waals surface area contributed by atoms with E-state index >= 15 is 0 Å². The Morgan fingerprint density at radius 1 is 1.15 bits per heavy atom. The first kappa shape index (κ1) is 18.3. The smallest absolute Gasteiger partial charge is 0.251 e. The number of nitrogens with one attached hydrogen (secondary N) is 2. The van der Waals surface area contributed by atoms with Gasteiger partial charge in [0.25, 0.3) is 5.91 Å². The quantitative estimate of drug-likeness (QED) is 0.878. The number of ether oxygens (including phenoxy) is 1. The van der Waals surface area contributed by atoms with E-state index in [9.17, 15) is 4.79 Å². The van der Waals surface area contributed by atoms with Crippen molar-refractivity contribution in [2.75, 3.05) is 11.9 Å². The second-order valence-electron chi connectivity index (χ2n) is 7.45. The Morgan fingerprint density at radius 2 is 1.81 bits per heavy atom. The molecule has 1 aromatic carbocycles. The summed E-state index contributed by atoms with van der Waals surface area (Å²) in [5.41, 5.74) is 3.13. The maximum atomic E-state index is 12.5. The molecule has 2 N–H and O–H groups in total. The molecule has 1 aromatic heterocycles. The van der Waals surface area contributed by atoms with Crippen molar-refractivity contribution in [3.63, 3.8) is 0 Å². The fourth-order valence-corrected chi connectivity index (χ4v) is 3.24. The van der Waals surface area contributed by atoms with Gasteiger partial charge in [0, 0.05) is 35.3 Å². The second-order valence-corrected chi connectivity index (χ2v) is 7.45. The van der Waals surface area contributed by atoms with E-state index in [1.807, 2.05) is 44.2 Å². The van der Waals surface area contributed by atoms with Crippen LogP contribution >= 0.6 is 0 Å². The topological polar surface area (TPSA) is 76.1 Å². The monoisotopic (exact) mass is 354 g/mol. The molecule has 6 heteroatoms. The summed E-state index contributed by atoms with van der Waals surface area (Å²) in [5.74, 6) is 0.506. The third-order valence-corrected chi connectivity index (χ3v) is 4.42. The van der Waals surface area contributed by atoms with Crippen LogP contribution in [0.1, 0.15) is 48.4 Å². The Hall–Kier alpha value is -2.47. The lowest BCUT2D eigenvalue weighted by atomic mass is 9.94. The number of carbonyl (C=O) groups is 1. The highest BCUT2D eigenvalue weighted by Gasteiger charge is 2.29. The van der Waals surface area contributed by atoms with Crippen molar-refractivity contribution in [2.45, 2.75) is 52.2 Å². The van der Waals surface area contributed by atoms with Crippen LogP contribution in [0.4, 0.5) is 11.6 Å². The van der Waals surface area contributed by atoms with Crippen LogP contribution in [0.2, 0.25) is 0 Å². The van der Waals surface area contributed by atoms with Gasteiger partial charge in [-0.05, 0) is 70.9 Å². The van der Waals surface area contributed by atoms with E-state index in [4.69, 9.17) is 4.74 Å². The van der Waals surface area contributed by atoms with Crippen LogP contribution < -0.4 is 10.6 Å². The Balaban J connectivity index is 1.62. The SMILES string of the molecule is Cc1cc(C)nc(Nc2ccc(C(=O)NC3CCOC(C)(C)C3)cc2)n1. The van der Waals surface area contributed by atoms with Crippen LogP contribution in [0.5, 0.6) is 0 Å². The standard InChI is InChI=1S/C20H26N4O2/c1-13-11-14(2)22-19(21-13)24-16-7-5-15(6-8-16)18(25)23-17-9-10-26-20(3,4)12-17/h5-8,11,17H,9-10,12H2,1-4H3,(H,23,25)(H,21,22,24). The van der Waals surface area contributed by atoms with E-state index in [2.05, 4.69) is 34.4 Å². The highest BCUT2D eigenvalue weighted by molar-refractivity contribution is 5.94. The second kappa shape index (κ2) is 7.41. The van der Waals surface area contributed by atoms with Gasteiger partial charge in [0.15, 0.2) is 0 Å². The minimum atomic E-state index is -0.185. The predicted octanol–water partition coefficient (Wildman–Crippen LogP) is 3.52. The number of benzene rings is 1. The number of rotatable bonds is 4. The van der Waals surface area contributed by atoms with Crippen molar-refractivity contribution in [3.8, 4) is 0 Å². The number of aromatic nitrogens is 2. The molecular weight excluding hydrogens is 328 g/mol. The Morgan fingerprint density at radius 3 is 2.42 bits per heavy atom. The fourth-order valence-electron chi connectivity index (χ4n) is 3.24. The van der Waals surface area contributed by atoms with Crippen molar-refractivity contribution in [1.29, 1.82) is 0 Å². The van der Waals surface area contributed by atoms with Crippen molar-refractivity contribution < 1.29 is 9.53 Å². The van der Waals surface area contributed by atoms with Gasteiger partial charge in [-0.25, -0.2) is 9.97 Å². The minimum absolute atomic E-state index is 0.0538. The average Bonchev–Trinajstić information content (AvgIpc) is 2.53. The van der Waals surface area contributed by atoms with Gasteiger partial charge in [0.2, 0.25) is 5.95 Å². The highest BCUT2D eigenvalue weighted by atomic mass is 16.5. The van der Waals surface area contributed by atoms with Gasteiger partial charge < -0.3 is 15.4 Å². The first-order valence-electron chi connectivity index (χ1n) is 8.95. The van der Waals surface area contributed by atoms with Gasteiger partial charge >= 0.3 is 0 Å². The summed E-state index contributed by atoms with van der Waals surface area (Å²) in [6, 6.07) is 9.42. The molecule has 26 heavy (non-hydrogen) atoms. The largest absolute Gasteiger partial charge is 0.375 e. The van der Waals surface area contributed by atoms with Crippen LogP contribution in [0.25, 0.3) is 0 Å².